The Bertz CT molecular complexity index is 873. The van der Waals surface area contributed by atoms with Gasteiger partial charge in [0.2, 0.25) is 0 Å². The lowest BCUT2D eigenvalue weighted by molar-refractivity contribution is 0.0742. The predicted octanol–water partition coefficient (Wildman–Crippen LogP) is 4.82. The van der Waals surface area contributed by atoms with Crippen molar-refractivity contribution in [2.45, 2.75) is 39.5 Å². The molecular formula is C24H29NO3S. The van der Waals surface area contributed by atoms with Crippen LogP contribution in [0.15, 0.2) is 39.5 Å². The Hall–Kier alpha value is -2.28. The summed E-state index contributed by atoms with van der Waals surface area (Å²) < 4.78 is 16.7. The van der Waals surface area contributed by atoms with E-state index in [0.29, 0.717) is 26.3 Å². The van der Waals surface area contributed by atoms with Gasteiger partial charge in [-0.1, -0.05) is 24.8 Å². The fourth-order valence-corrected chi connectivity index (χ4v) is 2.93. The van der Waals surface area contributed by atoms with Crippen molar-refractivity contribution in [3.63, 3.8) is 0 Å². The molecule has 0 spiro atoms. The topological polar surface area (TPSA) is 34.8 Å². The molecule has 0 atom stereocenters. The summed E-state index contributed by atoms with van der Waals surface area (Å²) >= 11 is 1.68. The molecule has 2 rings (SSSR count). The highest BCUT2D eigenvalue weighted by Gasteiger charge is 2.10. The summed E-state index contributed by atoms with van der Waals surface area (Å²) in [4.78, 5) is 2.20. The Morgan fingerprint density at radius 1 is 1.24 bits per heavy atom. The van der Waals surface area contributed by atoms with Gasteiger partial charge in [-0.05, 0) is 72.8 Å². The number of rotatable bonds is 10. The van der Waals surface area contributed by atoms with E-state index in [1.54, 1.807) is 18.4 Å². The minimum Gasteiger partial charge on any atom is -0.460 e. The van der Waals surface area contributed by atoms with Gasteiger partial charge in [-0.25, -0.2) is 0 Å². The van der Waals surface area contributed by atoms with Crippen molar-refractivity contribution in [1.82, 2.24) is 4.90 Å². The van der Waals surface area contributed by atoms with Crippen LogP contribution in [0.3, 0.4) is 0 Å². The molecule has 0 bridgehead atoms. The molecule has 0 saturated heterocycles. The number of methoxy groups -OCH3 is 1. The fourth-order valence-electron chi connectivity index (χ4n) is 2.28. The van der Waals surface area contributed by atoms with Crippen molar-refractivity contribution >= 4 is 17.4 Å². The van der Waals surface area contributed by atoms with Crippen LogP contribution in [0.25, 0.3) is 6.08 Å². The Kier molecular flexibility index (Phi) is 9.77. The molecule has 0 radical (unpaired) electrons. The molecule has 0 amide bonds. The van der Waals surface area contributed by atoms with Crippen LogP contribution < -0.4 is 0 Å². The molecule has 0 aliphatic heterocycles. The van der Waals surface area contributed by atoms with Gasteiger partial charge in [-0.15, -0.1) is 0 Å². The number of nitrogens with zero attached hydrogens (tertiary/aromatic N) is 1. The normalized spacial score (nSPS) is 11.3. The highest BCUT2D eigenvalue weighted by molar-refractivity contribution is 7.07. The van der Waals surface area contributed by atoms with Gasteiger partial charge in [0.05, 0.1) is 26.3 Å². The molecule has 0 fully saturated rings. The van der Waals surface area contributed by atoms with Crippen LogP contribution in [-0.4, -0.2) is 37.3 Å². The highest BCUT2D eigenvalue weighted by atomic mass is 32.1. The molecule has 4 nitrogen and oxygen atoms in total. The second-order valence-corrected chi connectivity index (χ2v) is 7.70. The molecule has 0 N–H and O–H groups in total. The Morgan fingerprint density at radius 2 is 2.10 bits per heavy atom. The van der Waals surface area contributed by atoms with E-state index in [2.05, 4.69) is 52.3 Å². The van der Waals surface area contributed by atoms with Gasteiger partial charge < -0.3 is 13.9 Å². The molecule has 0 aliphatic carbocycles. The molecule has 0 aliphatic rings. The standard InChI is InChI=1S/C24H29NO3S/c1-5-25(15-8-6-7-14-24(2,3)26-4)18-23-12-11-22(28-23)10-9-16-27-19-21-13-17-29-20-21/h9-13,17,20H,5,15-16,18-19H2,1-4H3. The molecule has 154 valence electrons. The lowest BCUT2D eigenvalue weighted by Crippen LogP contribution is -2.22. The van der Waals surface area contributed by atoms with Gasteiger partial charge in [-0.2, -0.15) is 11.3 Å². The van der Waals surface area contributed by atoms with Gasteiger partial charge in [0.15, 0.2) is 0 Å². The molecule has 2 heterocycles. The summed E-state index contributed by atoms with van der Waals surface area (Å²) in [5, 5.41) is 4.15. The zero-order chi connectivity index (χ0) is 21.0. The van der Waals surface area contributed by atoms with Crippen molar-refractivity contribution in [3.8, 4) is 23.7 Å². The molecular weight excluding hydrogens is 382 g/mol. The smallest absolute Gasteiger partial charge is 0.126 e. The Balaban J connectivity index is 1.76. The summed E-state index contributed by atoms with van der Waals surface area (Å²) in [5.41, 5.74) is 0.742. The maximum Gasteiger partial charge on any atom is 0.126 e. The third-order valence-electron chi connectivity index (χ3n) is 4.18. The highest BCUT2D eigenvalue weighted by Crippen LogP contribution is 2.12. The first-order chi connectivity index (χ1) is 14.0. The maximum atomic E-state index is 5.88. The monoisotopic (exact) mass is 411 g/mol. The molecule has 29 heavy (non-hydrogen) atoms. The quantitative estimate of drug-likeness (QED) is 0.415. The van der Waals surface area contributed by atoms with E-state index in [1.165, 1.54) is 5.56 Å². The third kappa shape index (κ3) is 9.17. The first kappa shape index (κ1) is 23.0. The number of hydrogen-bond donors (Lipinski definition) is 0. The largest absolute Gasteiger partial charge is 0.460 e. The van der Waals surface area contributed by atoms with Crippen LogP contribution in [0.1, 0.15) is 37.9 Å². The first-order valence-electron chi connectivity index (χ1n) is 9.64. The Morgan fingerprint density at radius 3 is 2.83 bits per heavy atom. The molecule has 0 aromatic carbocycles. The van der Waals surface area contributed by atoms with Gasteiger partial charge >= 0.3 is 0 Å². The van der Waals surface area contributed by atoms with Gasteiger partial charge in [0, 0.05) is 7.11 Å². The van der Waals surface area contributed by atoms with Crippen LogP contribution in [0.2, 0.25) is 0 Å². The minimum atomic E-state index is -0.466. The van der Waals surface area contributed by atoms with Crippen molar-refractivity contribution in [2.75, 3.05) is 26.8 Å². The summed E-state index contributed by atoms with van der Waals surface area (Å²) in [7, 11) is 1.64. The van der Waals surface area contributed by atoms with E-state index in [1.807, 2.05) is 38.1 Å². The van der Waals surface area contributed by atoms with Gasteiger partial charge in [0.1, 0.15) is 17.1 Å². The molecule has 0 saturated carbocycles. The van der Waals surface area contributed by atoms with E-state index in [4.69, 9.17) is 13.9 Å². The van der Waals surface area contributed by atoms with Crippen LogP contribution >= 0.6 is 11.3 Å². The van der Waals surface area contributed by atoms with Crippen molar-refractivity contribution in [2.24, 2.45) is 0 Å². The van der Waals surface area contributed by atoms with Crippen LogP contribution in [0, 0.1) is 23.7 Å². The number of thiophene rings is 1. The van der Waals surface area contributed by atoms with Crippen LogP contribution in [-0.2, 0) is 22.6 Å². The maximum absolute atomic E-state index is 5.88. The molecule has 2 aromatic heterocycles. The third-order valence-corrected chi connectivity index (χ3v) is 4.91. The lowest BCUT2D eigenvalue weighted by Gasteiger charge is -2.15. The van der Waals surface area contributed by atoms with Crippen molar-refractivity contribution < 1.29 is 13.9 Å². The number of furan rings is 1. The second kappa shape index (κ2) is 12.3. The lowest BCUT2D eigenvalue weighted by atomic mass is 10.1. The van der Waals surface area contributed by atoms with E-state index >= 15 is 0 Å². The summed E-state index contributed by atoms with van der Waals surface area (Å²) in [6, 6.07) is 6.05. The zero-order valence-electron chi connectivity index (χ0n) is 17.7. The van der Waals surface area contributed by atoms with E-state index in [-0.39, 0.29) is 0 Å². The van der Waals surface area contributed by atoms with Crippen molar-refractivity contribution in [1.29, 1.82) is 0 Å². The zero-order valence-corrected chi connectivity index (χ0v) is 18.5. The molecule has 2 aromatic rings. The molecule has 0 unspecified atom stereocenters. The van der Waals surface area contributed by atoms with Crippen molar-refractivity contribution in [3.05, 3.63) is 52.1 Å². The van der Waals surface area contributed by atoms with Crippen LogP contribution in [0.4, 0.5) is 0 Å². The SMILES string of the molecule is CCN(CC#CC#CC(C)(C)OC)Cc1ccc(C=CCOCc2ccsc2)o1. The molecule has 5 heteroatoms. The first-order valence-corrected chi connectivity index (χ1v) is 10.6. The second-order valence-electron chi connectivity index (χ2n) is 6.92. The van der Waals surface area contributed by atoms with Gasteiger partial charge in [-0.3, -0.25) is 4.90 Å². The van der Waals surface area contributed by atoms with Gasteiger partial charge in [0.25, 0.3) is 0 Å². The number of hydrogen-bond acceptors (Lipinski definition) is 5. The fraction of sp³-hybridized carbons (Fsp3) is 0.417. The summed E-state index contributed by atoms with van der Waals surface area (Å²) in [5.74, 6) is 13.6. The summed E-state index contributed by atoms with van der Waals surface area (Å²) in [6.45, 7) is 9.37. The average Bonchev–Trinajstić information content (AvgIpc) is 3.38. The van der Waals surface area contributed by atoms with E-state index in [0.717, 1.165) is 18.1 Å². The number of ether oxygens (including phenoxy) is 2. The van der Waals surface area contributed by atoms with Crippen LogP contribution in [0.5, 0.6) is 0 Å². The van der Waals surface area contributed by atoms with E-state index < -0.39 is 5.60 Å². The average molecular weight is 412 g/mol. The predicted molar refractivity (Wildman–Crippen MR) is 119 cm³/mol. The minimum absolute atomic E-state index is 0.466. The summed E-state index contributed by atoms with van der Waals surface area (Å²) in [6.07, 6.45) is 3.92. The van der Waals surface area contributed by atoms with E-state index in [9.17, 15) is 0 Å². The Labute approximate surface area is 178 Å².